The number of nitro benzene ring substituents is 1. The summed E-state index contributed by atoms with van der Waals surface area (Å²) in [6.45, 7) is 3.38. The summed E-state index contributed by atoms with van der Waals surface area (Å²) in [6.07, 6.45) is 0.566. The van der Waals surface area contributed by atoms with Gasteiger partial charge in [0.1, 0.15) is 0 Å². The maximum atomic E-state index is 11.5. The number of hydrogen-bond acceptors (Lipinski definition) is 4. The number of rotatable bonds is 5. The van der Waals surface area contributed by atoms with Crippen molar-refractivity contribution in [2.24, 2.45) is 0 Å². The molecule has 0 spiro atoms. The molecule has 1 aromatic rings. The quantitative estimate of drug-likeness (QED) is 0.618. The van der Waals surface area contributed by atoms with E-state index in [0.29, 0.717) is 17.7 Å². The smallest absolute Gasteiger partial charge is 0.274 e. The average molecular weight is 252 g/mol. The first-order chi connectivity index (χ1) is 8.45. The molecular formula is C12H16N2O4. The van der Waals surface area contributed by atoms with Crippen LogP contribution >= 0.6 is 0 Å². The van der Waals surface area contributed by atoms with Crippen molar-refractivity contribution < 1.29 is 14.8 Å². The lowest BCUT2D eigenvalue weighted by atomic mass is 10.1. The number of nitrogens with one attached hydrogen (secondary N) is 1. The molecule has 0 aliphatic carbocycles. The molecular weight excluding hydrogens is 236 g/mol. The number of carbonyl (C=O) groups excluding carboxylic acids is 1. The Labute approximate surface area is 105 Å². The van der Waals surface area contributed by atoms with Gasteiger partial charge >= 0.3 is 0 Å². The van der Waals surface area contributed by atoms with Crippen LogP contribution < -0.4 is 5.32 Å². The number of benzene rings is 1. The Balaban J connectivity index is 2.92. The van der Waals surface area contributed by atoms with Gasteiger partial charge in [-0.3, -0.25) is 14.9 Å². The number of nitro groups is 1. The summed E-state index contributed by atoms with van der Waals surface area (Å²) in [5.74, 6) is -0.259. The van der Waals surface area contributed by atoms with Gasteiger partial charge in [0, 0.05) is 24.7 Å². The van der Waals surface area contributed by atoms with Crippen LogP contribution in [0, 0.1) is 24.0 Å². The number of carbonyl (C=O) groups is 1. The molecule has 0 radical (unpaired) electrons. The molecule has 0 aromatic heterocycles. The minimum absolute atomic E-state index is 0.0157. The zero-order chi connectivity index (χ0) is 13.7. The van der Waals surface area contributed by atoms with E-state index in [9.17, 15) is 14.9 Å². The van der Waals surface area contributed by atoms with E-state index in [1.165, 1.54) is 6.07 Å². The predicted molar refractivity (Wildman–Crippen MR) is 67.5 cm³/mol. The van der Waals surface area contributed by atoms with Gasteiger partial charge in [0.05, 0.1) is 10.6 Å². The average Bonchev–Trinajstić information content (AvgIpc) is 2.29. The lowest BCUT2D eigenvalue weighted by Gasteiger charge is -2.09. The predicted octanol–water partition coefficient (Wildman–Crippen LogP) is 1.92. The number of hydrogen-bond donors (Lipinski definition) is 2. The molecule has 6 heteroatoms. The van der Waals surface area contributed by atoms with Gasteiger partial charge in [-0.15, -0.1) is 0 Å². The Morgan fingerprint density at radius 1 is 1.39 bits per heavy atom. The molecule has 0 heterocycles. The van der Waals surface area contributed by atoms with Crippen LogP contribution in [0.25, 0.3) is 0 Å². The van der Waals surface area contributed by atoms with E-state index in [4.69, 9.17) is 5.11 Å². The first-order valence-electron chi connectivity index (χ1n) is 5.62. The van der Waals surface area contributed by atoms with Crippen LogP contribution in [0.5, 0.6) is 0 Å². The van der Waals surface area contributed by atoms with Gasteiger partial charge in [0.15, 0.2) is 0 Å². The number of nitrogens with zero attached hydrogens (tertiary/aromatic N) is 1. The standard InChI is InChI=1S/C12H16N2O4/c1-8-6-9(2)11(14(17)18)7-10(8)13-12(16)4-3-5-15/h6-7,15H,3-5H2,1-2H3,(H,13,16). The van der Waals surface area contributed by atoms with Gasteiger partial charge in [0.25, 0.3) is 5.69 Å². The van der Waals surface area contributed by atoms with Crippen molar-refractivity contribution in [2.75, 3.05) is 11.9 Å². The highest BCUT2D eigenvalue weighted by atomic mass is 16.6. The molecule has 0 unspecified atom stereocenters. The number of aryl methyl sites for hydroxylation is 2. The Hall–Kier alpha value is -1.95. The van der Waals surface area contributed by atoms with Gasteiger partial charge in [-0.05, 0) is 31.9 Å². The highest BCUT2D eigenvalue weighted by molar-refractivity contribution is 5.92. The largest absolute Gasteiger partial charge is 0.396 e. The second-order valence-electron chi connectivity index (χ2n) is 4.09. The summed E-state index contributed by atoms with van der Waals surface area (Å²) < 4.78 is 0. The van der Waals surface area contributed by atoms with Crippen LogP contribution in [0.15, 0.2) is 12.1 Å². The molecule has 18 heavy (non-hydrogen) atoms. The number of anilines is 1. The van der Waals surface area contributed by atoms with E-state index < -0.39 is 4.92 Å². The SMILES string of the molecule is Cc1cc(C)c([N+](=O)[O-])cc1NC(=O)CCCO. The Bertz CT molecular complexity index is 471. The third kappa shape index (κ3) is 3.53. The van der Waals surface area contributed by atoms with Crippen molar-refractivity contribution in [1.82, 2.24) is 0 Å². The molecule has 0 saturated heterocycles. The lowest BCUT2D eigenvalue weighted by Crippen LogP contribution is -2.13. The summed E-state index contributed by atoms with van der Waals surface area (Å²) in [4.78, 5) is 21.8. The number of aliphatic hydroxyl groups is 1. The maximum Gasteiger partial charge on any atom is 0.274 e. The van der Waals surface area contributed by atoms with E-state index in [1.807, 2.05) is 0 Å². The van der Waals surface area contributed by atoms with Gasteiger partial charge in [-0.2, -0.15) is 0 Å². The fourth-order valence-electron chi connectivity index (χ4n) is 1.62. The molecule has 98 valence electrons. The van der Waals surface area contributed by atoms with E-state index in [0.717, 1.165) is 5.56 Å². The molecule has 0 aliphatic rings. The second kappa shape index (κ2) is 6.11. The second-order valence-corrected chi connectivity index (χ2v) is 4.09. The van der Waals surface area contributed by atoms with Crippen molar-refractivity contribution in [3.05, 3.63) is 33.4 Å². The van der Waals surface area contributed by atoms with Crippen molar-refractivity contribution in [1.29, 1.82) is 0 Å². The van der Waals surface area contributed by atoms with Crippen molar-refractivity contribution in [3.8, 4) is 0 Å². The van der Waals surface area contributed by atoms with E-state index >= 15 is 0 Å². The van der Waals surface area contributed by atoms with E-state index in [-0.39, 0.29) is 24.6 Å². The first-order valence-corrected chi connectivity index (χ1v) is 5.62. The Morgan fingerprint density at radius 2 is 2.06 bits per heavy atom. The normalized spacial score (nSPS) is 10.2. The first kappa shape index (κ1) is 14.1. The van der Waals surface area contributed by atoms with Crippen LogP contribution in [0.3, 0.4) is 0 Å². The maximum absolute atomic E-state index is 11.5. The highest BCUT2D eigenvalue weighted by Crippen LogP contribution is 2.26. The summed E-state index contributed by atoms with van der Waals surface area (Å²) in [5, 5.41) is 22.0. The molecule has 0 atom stereocenters. The molecule has 0 fully saturated rings. The van der Waals surface area contributed by atoms with Gasteiger partial charge in [-0.1, -0.05) is 0 Å². The van der Waals surface area contributed by atoms with Gasteiger partial charge in [0.2, 0.25) is 5.91 Å². The molecule has 1 amide bonds. The fraction of sp³-hybridized carbons (Fsp3) is 0.417. The molecule has 6 nitrogen and oxygen atoms in total. The number of aliphatic hydroxyl groups excluding tert-OH is 1. The van der Waals surface area contributed by atoms with Crippen LogP contribution in [0.1, 0.15) is 24.0 Å². The van der Waals surface area contributed by atoms with Crippen molar-refractivity contribution in [3.63, 3.8) is 0 Å². The minimum Gasteiger partial charge on any atom is -0.396 e. The molecule has 0 aliphatic heterocycles. The minimum atomic E-state index is -0.474. The highest BCUT2D eigenvalue weighted by Gasteiger charge is 2.14. The molecule has 1 aromatic carbocycles. The molecule has 0 bridgehead atoms. The van der Waals surface area contributed by atoms with E-state index in [1.54, 1.807) is 19.9 Å². The third-order valence-corrected chi connectivity index (χ3v) is 2.58. The summed E-state index contributed by atoms with van der Waals surface area (Å²) in [6, 6.07) is 3.03. The lowest BCUT2D eigenvalue weighted by molar-refractivity contribution is -0.385. The van der Waals surface area contributed by atoms with E-state index in [2.05, 4.69) is 5.32 Å². The fourth-order valence-corrected chi connectivity index (χ4v) is 1.62. The zero-order valence-corrected chi connectivity index (χ0v) is 10.4. The Kier molecular flexibility index (Phi) is 4.79. The van der Waals surface area contributed by atoms with Crippen LogP contribution in [0.2, 0.25) is 0 Å². The van der Waals surface area contributed by atoms with Crippen LogP contribution in [-0.4, -0.2) is 22.5 Å². The summed E-state index contributed by atoms with van der Waals surface area (Å²) >= 11 is 0. The molecule has 0 saturated carbocycles. The Morgan fingerprint density at radius 3 is 2.61 bits per heavy atom. The molecule has 2 N–H and O–H groups in total. The van der Waals surface area contributed by atoms with Crippen LogP contribution in [0.4, 0.5) is 11.4 Å². The molecule has 1 rings (SSSR count). The van der Waals surface area contributed by atoms with Crippen LogP contribution in [-0.2, 0) is 4.79 Å². The monoisotopic (exact) mass is 252 g/mol. The van der Waals surface area contributed by atoms with Gasteiger partial charge in [-0.25, -0.2) is 0 Å². The summed E-state index contributed by atoms with van der Waals surface area (Å²) in [7, 11) is 0. The van der Waals surface area contributed by atoms with Crippen molar-refractivity contribution >= 4 is 17.3 Å². The number of amides is 1. The zero-order valence-electron chi connectivity index (χ0n) is 10.4. The van der Waals surface area contributed by atoms with Crippen molar-refractivity contribution in [2.45, 2.75) is 26.7 Å². The van der Waals surface area contributed by atoms with Gasteiger partial charge < -0.3 is 10.4 Å². The third-order valence-electron chi connectivity index (χ3n) is 2.58. The topological polar surface area (TPSA) is 92.5 Å². The summed E-state index contributed by atoms with van der Waals surface area (Å²) in [5.41, 5.74) is 1.76.